The zero-order valence-corrected chi connectivity index (χ0v) is 9.73. The minimum Gasteiger partial charge on any atom is -0.469 e. The van der Waals surface area contributed by atoms with E-state index in [9.17, 15) is 0 Å². The molecule has 1 aromatic heterocycles. The van der Waals surface area contributed by atoms with E-state index in [0.717, 1.165) is 37.5 Å². The van der Waals surface area contributed by atoms with Crippen molar-refractivity contribution in [3.05, 3.63) is 53.5 Å². The fourth-order valence-electron chi connectivity index (χ4n) is 2.37. The van der Waals surface area contributed by atoms with Crippen LogP contribution in [0.2, 0.25) is 0 Å². The first-order valence-corrected chi connectivity index (χ1v) is 5.93. The van der Waals surface area contributed by atoms with Gasteiger partial charge in [0.25, 0.3) is 0 Å². The summed E-state index contributed by atoms with van der Waals surface area (Å²) in [6, 6.07) is 10.2. The number of nitrogens with two attached hydrogens (primary N) is 1. The molecule has 3 nitrogen and oxygen atoms in total. The van der Waals surface area contributed by atoms with Crippen LogP contribution in [0.3, 0.4) is 0 Å². The Morgan fingerprint density at radius 1 is 1.18 bits per heavy atom. The number of fused-ring (bicyclic) bond motifs is 1. The van der Waals surface area contributed by atoms with Crippen molar-refractivity contribution < 1.29 is 4.42 Å². The predicted molar refractivity (Wildman–Crippen MR) is 67.4 cm³/mol. The largest absolute Gasteiger partial charge is 0.469 e. The van der Waals surface area contributed by atoms with Gasteiger partial charge in [0.1, 0.15) is 5.76 Å². The Bertz CT molecular complexity index is 505. The molecule has 0 atom stereocenters. The summed E-state index contributed by atoms with van der Waals surface area (Å²) in [6.45, 7) is 3.06. The standard InChI is InChI=1S/C14H16N2O/c15-13-4-3-11-9-16(10-12(11)8-13)6-5-14-2-1-7-17-14/h1-4,7-8H,5-6,9-10,15H2. The number of nitrogen functional groups attached to an aromatic ring is 1. The van der Waals surface area contributed by atoms with E-state index in [1.165, 1.54) is 11.1 Å². The van der Waals surface area contributed by atoms with E-state index in [0.29, 0.717) is 0 Å². The zero-order chi connectivity index (χ0) is 11.7. The summed E-state index contributed by atoms with van der Waals surface area (Å²) in [5.41, 5.74) is 9.42. The molecule has 0 amide bonds. The topological polar surface area (TPSA) is 42.4 Å². The first-order chi connectivity index (χ1) is 8.31. The lowest BCUT2D eigenvalue weighted by molar-refractivity contribution is 0.280. The van der Waals surface area contributed by atoms with Crippen molar-refractivity contribution in [1.29, 1.82) is 0 Å². The minimum atomic E-state index is 0.858. The van der Waals surface area contributed by atoms with E-state index in [1.54, 1.807) is 6.26 Å². The SMILES string of the molecule is Nc1ccc2c(c1)CN(CCc1ccco1)C2. The van der Waals surface area contributed by atoms with Gasteiger partial charge in [-0.1, -0.05) is 6.07 Å². The second-order valence-electron chi connectivity index (χ2n) is 4.57. The molecule has 17 heavy (non-hydrogen) atoms. The molecule has 0 aliphatic carbocycles. The van der Waals surface area contributed by atoms with Crippen molar-refractivity contribution in [1.82, 2.24) is 4.90 Å². The van der Waals surface area contributed by atoms with Gasteiger partial charge in [-0.15, -0.1) is 0 Å². The molecule has 0 unspecified atom stereocenters. The third kappa shape index (κ3) is 2.19. The van der Waals surface area contributed by atoms with Gasteiger partial charge in [0.2, 0.25) is 0 Å². The first-order valence-electron chi connectivity index (χ1n) is 5.93. The molecule has 0 fully saturated rings. The van der Waals surface area contributed by atoms with E-state index < -0.39 is 0 Å². The van der Waals surface area contributed by atoms with Gasteiger partial charge < -0.3 is 10.2 Å². The van der Waals surface area contributed by atoms with E-state index >= 15 is 0 Å². The molecule has 0 spiro atoms. The summed E-state index contributed by atoms with van der Waals surface area (Å²) >= 11 is 0. The quantitative estimate of drug-likeness (QED) is 0.820. The number of hydrogen-bond acceptors (Lipinski definition) is 3. The minimum absolute atomic E-state index is 0.858. The fourth-order valence-corrected chi connectivity index (χ4v) is 2.37. The highest BCUT2D eigenvalue weighted by atomic mass is 16.3. The van der Waals surface area contributed by atoms with Gasteiger partial charge in [-0.25, -0.2) is 0 Å². The van der Waals surface area contributed by atoms with E-state index in [2.05, 4.69) is 17.0 Å². The predicted octanol–water partition coefficient (Wildman–Crippen LogP) is 2.42. The highest BCUT2D eigenvalue weighted by molar-refractivity contribution is 5.46. The molecule has 2 aromatic rings. The molecule has 2 N–H and O–H groups in total. The van der Waals surface area contributed by atoms with Gasteiger partial charge in [-0.2, -0.15) is 0 Å². The molecular formula is C14H16N2O. The maximum absolute atomic E-state index is 5.79. The van der Waals surface area contributed by atoms with Crippen LogP contribution >= 0.6 is 0 Å². The third-order valence-electron chi connectivity index (χ3n) is 3.27. The van der Waals surface area contributed by atoms with Crippen LogP contribution in [0.5, 0.6) is 0 Å². The molecule has 88 valence electrons. The summed E-state index contributed by atoms with van der Waals surface area (Å²) in [5.74, 6) is 1.06. The second-order valence-corrected chi connectivity index (χ2v) is 4.57. The molecule has 0 saturated heterocycles. The normalized spacial score (nSPS) is 15.1. The maximum Gasteiger partial charge on any atom is 0.105 e. The van der Waals surface area contributed by atoms with Crippen LogP contribution in [-0.4, -0.2) is 11.4 Å². The number of nitrogens with zero attached hydrogens (tertiary/aromatic N) is 1. The molecule has 0 bridgehead atoms. The molecule has 0 radical (unpaired) electrons. The molecular weight excluding hydrogens is 212 g/mol. The van der Waals surface area contributed by atoms with Crippen LogP contribution in [0.15, 0.2) is 41.0 Å². The maximum atomic E-state index is 5.79. The van der Waals surface area contributed by atoms with Crippen LogP contribution in [0, 0.1) is 0 Å². The van der Waals surface area contributed by atoms with Crippen LogP contribution in [0.4, 0.5) is 5.69 Å². The van der Waals surface area contributed by atoms with Crippen LogP contribution < -0.4 is 5.73 Å². The Kier molecular flexibility index (Phi) is 2.61. The van der Waals surface area contributed by atoms with Gasteiger partial charge >= 0.3 is 0 Å². The molecule has 2 heterocycles. The average Bonchev–Trinajstić information content (AvgIpc) is 2.94. The number of hydrogen-bond donors (Lipinski definition) is 1. The molecule has 3 rings (SSSR count). The van der Waals surface area contributed by atoms with Crippen molar-refractivity contribution in [3.63, 3.8) is 0 Å². The molecule has 1 aliphatic heterocycles. The fraction of sp³-hybridized carbons (Fsp3) is 0.286. The van der Waals surface area contributed by atoms with Crippen molar-refractivity contribution in [3.8, 4) is 0 Å². The van der Waals surface area contributed by atoms with E-state index in [-0.39, 0.29) is 0 Å². The van der Waals surface area contributed by atoms with E-state index in [4.69, 9.17) is 10.2 Å². The van der Waals surface area contributed by atoms with Gasteiger partial charge in [0, 0.05) is 31.7 Å². The summed E-state index contributed by atoms with van der Waals surface area (Å²) < 4.78 is 5.34. The van der Waals surface area contributed by atoms with Crippen molar-refractivity contribution in [2.75, 3.05) is 12.3 Å². The molecule has 1 aromatic carbocycles. The lowest BCUT2D eigenvalue weighted by atomic mass is 10.1. The van der Waals surface area contributed by atoms with Crippen LogP contribution in [0.25, 0.3) is 0 Å². The Hall–Kier alpha value is -1.74. The van der Waals surface area contributed by atoms with Gasteiger partial charge in [0.15, 0.2) is 0 Å². The molecule has 1 aliphatic rings. The number of anilines is 1. The van der Waals surface area contributed by atoms with Crippen molar-refractivity contribution >= 4 is 5.69 Å². The Morgan fingerprint density at radius 2 is 2.06 bits per heavy atom. The summed E-state index contributed by atoms with van der Waals surface area (Å²) in [7, 11) is 0. The first kappa shape index (κ1) is 10.4. The van der Waals surface area contributed by atoms with Crippen LogP contribution in [0.1, 0.15) is 16.9 Å². The van der Waals surface area contributed by atoms with Gasteiger partial charge in [-0.05, 0) is 35.4 Å². The van der Waals surface area contributed by atoms with Crippen LogP contribution in [-0.2, 0) is 19.5 Å². The lowest BCUT2D eigenvalue weighted by Gasteiger charge is -2.13. The molecule has 0 saturated carbocycles. The van der Waals surface area contributed by atoms with Crippen molar-refractivity contribution in [2.45, 2.75) is 19.5 Å². The highest BCUT2D eigenvalue weighted by Crippen LogP contribution is 2.24. The third-order valence-corrected chi connectivity index (χ3v) is 3.27. The second kappa shape index (κ2) is 4.26. The Labute approximate surface area is 101 Å². The number of rotatable bonds is 3. The zero-order valence-electron chi connectivity index (χ0n) is 9.73. The number of benzene rings is 1. The number of furan rings is 1. The lowest BCUT2D eigenvalue weighted by Crippen LogP contribution is -2.19. The smallest absolute Gasteiger partial charge is 0.105 e. The highest BCUT2D eigenvalue weighted by Gasteiger charge is 2.18. The van der Waals surface area contributed by atoms with Crippen molar-refractivity contribution in [2.24, 2.45) is 0 Å². The summed E-state index contributed by atoms with van der Waals surface area (Å²) in [5, 5.41) is 0. The summed E-state index contributed by atoms with van der Waals surface area (Å²) in [6.07, 6.45) is 2.70. The average molecular weight is 228 g/mol. The summed E-state index contributed by atoms with van der Waals surface area (Å²) in [4.78, 5) is 2.42. The molecule has 3 heteroatoms. The Morgan fingerprint density at radius 3 is 2.88 bits per heavy atom. The van der Waals surface area contributed by atoms with Gasteiger partial charge in [-0.3, -0.25) is 4.90 Å². The Balaban J connectivity index is 1.62. The monoisotopic (exact) mass is 228 g/mol. The van der Waals surface area contributed by atoms with E-state index in [1.807, 2.05) is 18.2 Å². The van der Waals surface area contributed by atoms with Gasteiger partial charge in [0.05, 0.1) is 6.26 Å².